The summed E-state index contributed by atoms with van der Waals surface area (Å²) >= 11 is 7.04. The zero-order valence-corrected chi connectivity index (χ0v) is 12.8. The van der Waals surface area contributed by atoms with Crippen LogP contribution in [0.4, 0.5) is 0 Å². The van der Waals surface area contributed by atoms with Crippen LogP contribution in [0.1, 0.15) is 46.5 Å². The van der Waals surface area contributed by atoms with Crippen LogP contribution in [0, 0.1) is 11.3 Å². The third kappa shape index (κ3) is 3.09. The van der Waals surface area contributed by atoms with Crippen LogP contribution in [0.5, 0.6) is 0 Å². The quantitative estimate of drug-likeness (QED) is 0.744. The molecular weight excluding hydrogens is 290 g/mol. The van der Waals surface area contributed by atoms with Crippen molar-refractivity contribution in [2.45, 2.75) is 25.7 Å². The molecule has 2 nitrogen and oxygen atoms in total. The summed E-state index contributed by atoms with van der Waals surface area (Å²) in [6.45, 7) is 4.21. The summed E-state index contributed by atoms with van der Waals surface area (Å²) in [5, 5.41) is 9.30. The molecule has 2 rings (SSSR count). The summed E-state index contributed by atoms with van der Waals surface area (Å²) in [5.74, 6) is -0.538. The Morgan fingerprint density at radius 3 is 2.20 bits per heavy atom. The highest BCUT2D eigenvalue weighted by Gasteiger charge is 2.23. The molecule has 2 aromatic rings. The number of nitrogens with zero attached hydrogens (tertiary/aromatic N) is 1. The number of nitriles is 1. The fraction of sp³-hybridized carbons (Fsp3) is 0.250. The van der Waals surface area contributed by atoms with Gasteiger partial charge in [-0.15, -0.1) is 11.3 Å². The Morgan fingerprint density at radius 1 is 1.15 bits per heavy atom. The smallest absolute Gasteiger partial charge is 0.194 e. The molecule has 0 bridgehead atoms. The van der Waals surface area contributed by atoms with E-state index in [1.807, 2.05) is 24.3 Å². The van der Waals surface area contributed by atoms with Crippen LogP contribution >= 0.6 is 22.9 Å². The summed E-state index contributed by atoms with van der Waals surface area (Å²) < 4.78 is 0.556. The molecule has 0 saturated carbocycles. The first-order valence-corrected chi connectivity index (χ1v) is 7.51. The molecular formula is C16H14ClNOS. The second-order valence-corrected chi connectivity index (χ2v) is 6.57. The van der Waals surface area contributed by atoms with E-state index in [1.54, 1.807) is 12.1 Å². The molecule has 0 aliphatic carbocycles. The Bertz CT molecular complexity index is 652. The number of hydrogen-bond acceptors (Lipinski definition) is 3. The lowest BCUT2D eigenvalue weighted by Gasteiger charge is -2.10. The van der Waals surface area contributed by atoms with E-state index in [-0.39, 0.29) is 5.78 Å². The van der Waals surface area contributed by atoms with Crippen LogP contribution in [0.3, 0.4) is 0 Å². The molecule has 0 spiro atoms. The third-order valence-corrected chi connectivity index (χ3v) is 4.39. The van der Waals surface area contributed by atoms with Gasteiger partial charge in [0, 0.05) is 0 Å². The Labute approximate surface area is 127 Å². The lowest BCUT2D eigenvalue weighted by atomic mass is 9.92. The molecule has 1 unspecified atom stereocenters. The van der Waals surface area contributed by atoms with Gasteiger partial charge in [0.15, 0.2) is 5.78 Å². The zero-order valence-electron chi connectivity index (χ0n) is 11.3. The summed E-state index contributed by atoms with van der Waals surface area (Å²) in [6, 6.07) is 13.1. The van der Waals surface area contributed by atoms with E-state index in [2.05, 4.69) is 19.9 Å². The highest BCUT2D eigenvalue weighted by Crippen LogP contribution is 2.28. The van der Waals surface area contributed by atoms with Crippen molar-refractivity contribution >= 4 is 28.7 Å². The minimum Gasteiger partial charge on any atom is -0.291 e. The van der Waals surface area contributed by atoms with Crippen LogP contribution in [-0.4, -0.2) is 5.78 Å². The molecule has 0 saturated heterocycles. The Kier molecular flexibility index (Phi) is 4.59. The van der Waals surface area contributed by atoms with Crippen molar-refractivity contribution in [1.29, 1.82) is 5.26 Å². The third-order valence-electron chi connectivity index (χ3n) is 3.14. The first kappa shape index (κ1) is 14.8. The lowest BCUT2D eigenvalue weighted by Crippen LogP contribution is -2.09. The average molecular weight is 304 g/mol. The summed E-state index contributed by atoms with van der Waals surface area (Å²) in [6.07, 6.45) is 0. The minimum absolute atomic E-state index is 0.193. The zero-order chi connectivity index (χ0) is 14.7. The first-order chi connectivity index (χ1) is 9.52. The predicted molar refractivity (Wildman–Crippen MR) is 82.5 cm³/mol. The molecule has 1 aromatic carbocycles. The van der Waals surface area contributed by atoms with Gasteiger partial charge in [-0.3, -0.25) is 4.79 Å². The number of ketones is 1. The molecule has 4 heteroatoms. The lowest BCUT2D eigenvalue weighted by molar-refractivity contribution is 0.0983. The van der Waals surface area contributed by atoms with E-state index in [9.17, 15) is 10.1 Å². The molecule has 1 atom stereocenters. The van der Waals surface area contributed by atoms with E-state index < -0.39 is 5.92 Å². The van der Waals surface area contributed by atoms with Gasteiger partial charge in [0.1, 0.15) is 5.92 Å². The molecule has 0 aliphatic heterocycles. The van der Waals surface area contributed by atoms with Crippen molar-refractivity contribution in [3.8, 4) is 6.07 Å². The van der Waals surface area contributed by atoms with Crippen molar-refractivity contribution in [2.24, 2.45) is 0 Å². The van der Waals surface area contributed by atoms with Crippen molar-refractivity contribution in [3.05, 3.63) is 56.7 Å². The topological polar surface area (TPSA) is 40.9 Å². The van der Waals surface area contributed by atoms with Crippen molar-refractivity contribution < 1.29 is 4.79 Å². The molecule has 0 aliphatic rings. The highest BCUT2D eigenvalue weighted by molar-refractivity contribution is 7.18. The van der Waals surface area contributed by atoms with Gasteiger partial charge in [-0.05, 0) is 29.2 Å². The van der Waals surface area contributed by atoms with Gasteiger partial charge in [-0.25, -0.2) is 0 Å². The molecule has 0 N–H and O–H groups in total. The van der Waals surface area contributed by atoms with Gasteiger partial charge >= 0.3 is 0 Å². The average Bonchev–Trinajstić information content (AvgIpc) is 2.86. The van der Waals surface area contributed by atoms with E-state index in [0.29, 0.717) is 15.1 Å². The fourth-order valence-electron chi connectivity index (χ4n) is 1.95. The molecule has 0 radical (unpaired) electrons. The number of hydrogen-bond donors (Lipinski definition) is 0. The van der Waals surface area contributed by atoms with Crippen molar-refractivity contribution in [3.63, 3.8) is 0 Å². The van der Waals surface area contributed by atoms with Gasteiger partial charge in [0.05, 0.1) is 15.3 Å². The number of thiophene rings is 1. The summed E-state index contributed by atoms with van der Waals surface area (Å²) in [5.41, 5.74) is 1.92. The van der Waals surface area contributed by atoms with Crippen LogP contribution in [-0.2, 0) is 0 Å². The standard InChI is InChI=1S/C16H14ClNOS/c1-10(2)11-3-5-12(6-4-11)13(9-18)16(19)14-7-8-15(17)20-14/h3-8,10,13H,1-2H3. The molecule has 20 heavy (non-hydrogen) atoms. The van der Waals surface area contributed by atoms with Gasteiger partial charge in [0.25, 0.3) is 0 Å². The Balaban J connectivity index is 2.28. The number of carbonyl (C=O) groups excluding carboxylic acids is 1. The second kappa shape index (κ2) is 6.21. The first-order valence-electron chi connectivity index (χ1n) is 6.32. The molecule has 102 valence electrons. The largest absolute Gasteiger partial charge is 0.291 e. The Hall–Kier alpha value is -1.63. The number of carbonyl (C=O) groups is 1. The predicted octanol–water partition coefficient (Wildman–Crippen LogP) is 5.01. The normalized spacial score (nSPS) is 12.2. The number of halogens is 1. The number of benzene rings is 1. The maximum Gasteiger partial charge on any atom is 0.194 e. The van der Waals surface area contributed by atoms with Crippen LogP contribution in [0.15, 0.2) is 36.4 Å². The minimum atomic E-state index is -0.772. The molecule has 1 heterocycles. The van der Waals surface area contributed by atoms with Crippen LogP contribution in [0.25, 0.3) is 0 Å². The van der Waals surface area contributed by atoms with E-state index in [4.69, 9.17) is 11.6 Å². The van der Waals surface area contributed by atoms with E-state index in [1.165, 1.54) is 16.9 Å². The van der Waals surface area contributed by atoms with Crippen LogP contribution in [0.2, 0.25) is 4.34 Å². The molecule has 0 amide bonds. The number of Topliss-reactive ketones (excluding diaryl/α,β-unsaturated/α-hetero) is 1. The maximum absolute atomic E-state index is 12.3. The monoisotopic (exact) mass is 303 g/mol. The fourth-order valence-corrected chi connectivity index (χ4v) is 2.96. The summed E-state index contributed by atoms with van der Waals surface area (Å²) in [7, 11) is 0. The van der Waals surface area contributed by atoms with E-state index >= 15 is 0 Å². The Morgan fingerprint density at radius 2 is 1.75 bits per heavy atom. The highest BCUT2D eigenvalue weighted by atomic mass is 35.5. The van der Waals surface area contributed by atoms with Gasteiger partial charge in [-0.1, -0.05) is 49.7 Å². The van der Waals surface area contributed by atoms with Crippen LogP contribution < -0.4 is 0 Å². The second-order valence-electron chi connectivity index (χ2n) is 4.85. The SMILES string of the molecule is CC(C)c1ccc(C(C#N)C(=O)c2ccc(Cl)s2)cc1. The van der Waals surface area contributed by atoms with Gasteiger partial charge in [-0.2, -0.15) is 5.26 Å². The summed E-state index contributed by atoms with van der Waals surface area (Å²) in [4.78, 5) is 12.9. The molecule has 0 fully saturated rings. The van der Waals surface area contributed by atoms with E-state index in [0.717, 1.165) is 5.56 Å². The van der Waals surface area contributed by atoms with Crippen molar-refractivity contribution in [2.75, 3.05) is 0 Å². The van der Waals surface area contributed by atoms with Crippen molar-refractivity contribution in [1.82, 2.24) is 0 Å². The van der Waals surface area contributed by atoms with Gasteiger partial charge in [0.2, 0.25) is 0 Å². The van der Waals surface area contributed by atoms with Gasteiger partial charge < -0.3 is 0 Å². The number of rotatable bonds is 4. The molecule has 1 aromatic heterocycles. The maximum atomic E-state index is 12.3.